The molecule has 2 aliphatic rings. The van der Waals surface area contributed by atoms with Crippen molar-refractivity contribution in [3.8, 4) is 0 Å². The first-order chi connectivity index (χ1) is 15.5. The van der Waals surface area contributed by atoms with Crippen molar-refractivity contribution in [2.24, 2.45) is 5.92 Å². The number of esters is 1. The molecule has 8 heteroatoms. The largest absolute Gasteiger partial charge is 0.465 e. The monoisotopic (exact) mass is 436 g/mol. The molecule has 4 N–H and O–H groups in total. The number of nitrogens with one attached hydrogen (secondary N) is 4. The van der Waals surface area contributed by atoms with Crippen molar-refractivity contribution in [3.05, 3.63) is 65.2 Å². The Labute approximate surface area is 187 Å². The molecule has 1 heterocycles. The summed E-state index contributed by atoms with van der Waals surface area (Å²) in [4.78, 5) is 37.3. The standard InChI is InChI=1S/C24H28N4O4/c1-32-24(31)17-10-16(14-25-23(30)22-19-8-5-9-20(19)27-28-22)11-18(13-17)26-21(29)12-15-6-3-2-4-7-15/h2-4,6-7,10-11,13,19-20,22,27-28H,5,8-9,12,14H2,1H3,(H,25,30)(H,26,29). The van der Waals surface area contributed by atoms with E-state index < -0.39 is 5.97 Å². The van der Waals surface area contributed by atoms with Crippen molar-refractivity contribution >= 4 is 23.5 Å². The highest BCUT2D eigenvalue weighted by molar-refractivity contribution is 5.95. The minimum Gasteiger partial charge on any atom is -0.465 e. The quantitative estimate of drug-likeness (QED) is 0.494. The van der Waals surface area contributed by atoms with Crippen LogP contribution in [0.1, 0.15) is 40.7 Å². The first kappa shape index (κ1) is 22.0. The normalized spacial score (nSPS) is 21.6. The molecule has 32 heavy (non-hydrogen) atoms. The number of carbonyl (C=O) groups is 3. The molecule has 1 saturated heterocycles. The second-order valence-electron chi connectivity index (χ2n) is 8.31. The van der Waals surface area contributed by atoms with Gasteiger partial charge in [0.15, 0.2) is 0 Å². The Bertz CT molecular complexity index is 995. The summed E-state index contributed by atoms with van der Waals surface area (Å²) < 4.78 is 4.84. The van der Waals surface area contributed by atoms with E-state index in [-0.39, 0.29) is 30.8 Å². The van der Waals surface area contributed by atoms with E-state index >= 15 is 0 Å². The average molecular weight is 437 g/mol. The van der Waals surface area contributed by atoms with E-state index in [1.807, 2.05) is 30.3 Å². The van der Waals surface area contributed by atoms with E-state index in [1.165, 1.54) is 7.11 Å². The molecule has 3 atom stereocenters. The van der Waals surface area contributed by atoms with Crippen molar-refractivity contribution in [2.75, 3.05) is 12.4 Å². The Kier molecular flexibility index (Phi) is 6.82. The molecule has 0 spiro atoms. The number of hydrogen-bond acceptors (Lipinski definition) is 6. The molecular formula is C24H28N4O4. The first-order valence-electron chi connectivity index (χ1n) is 10.9. The number of anilines is 1. The fourth-order valence-corrected chi connectivity index (χ4v) is 4.52. The third-order valence-corrected chi connectivity index (χ3v) is 6.08. The number of fused-ring (bicyclic) bond motifs is 1. The van der Waals surface area contributed by atoms with Crippen LogP contribution in [0.3, 0.4) is 0 Å². The van der Waals surface area contributed by atoms with Crippen LogP contribution in [0.5, 0.6) is 0 Å². The van der Waals surface area contributed by atoms with Crippen molar-refractivity contribution in [1.29, 1.82) is 0 Å². The van der Waals surface area contributed by atoms with Gasteiger partial charge in [-0.3, -0.25) is 15.0 Å². The summed E-state index contributed by atoms with van der Waals surface area (Å²) in [6.07, 6.45) is 3.45. The molecule has 0 radical (unpaired) electrons. The highest BCUT2D eigenvalue weighted by Crippen LogP contribution is 2.31. The van der Waals surface area contributed by atoms with Crippen LogP contribution in [0.25, 0.3) is 0 Å². The van der Waals surface area contributed by atoms with Crippen LogP contribution in [-0.4, -0.2) is 37.0 Å². The third kappa shape index (κ3) is 5.15. The van der Waals surface area contributed by atoms with Gasteiger partial charge in [-0.15, -0.1) is 0 Å². The number of rotatable bonds is 7. The Morgan fingerprint density at radius 1 is 1.03 bits per heavy atom. The summed E-state index contributed by atoms with van der Waals surface area (Å²) in [6, 6.07) is 14.5. The summed E-state index contributed by atoms with van der Waals surface area (Å²) in [5, 5.41) is 5.79. The van der Waals surface area contributed by atoms with E-state index in [2.05, 4.69) is 21.5 Å². The van der Waals surface area contributed by atoms with Gasteiger partial charge in [-0.05, 0) is 42.2 Å². The maximum atomic E-state index is 12.7. The lowest BCUT2D eigenvalue weighted by Gasteiger charge is -2.17. The SMILES string of the molecule is COC(=O)c1cc(CNC(=O)C2NNC3CCCC32)cc(NC(=O)Cc2ccccc2)c1. The Hall–Kier alpha value is -3.23. The number of hydrazine groups is 1. The molecular weight excluding hydrogens is 408 g/mol. The smallest absolute Gasteiger partial charge is 0.337 e. The lowest BCUT2D eigenvalue weighted by atomic mass is 9.96. The molecule has 1 aliphatic heterocycles. The number of carbonyl (C=O) groups excluding carboxylic acids is 3. The summed E-state index contributed by atoms with van der Waals surface area (Å²) in [5.41, 5.74) is 8.70. The molecule has 0 aromatic heterocycles. The van der Waals surface area contributed by atoms with Crippen LogP contribution in [0, 0.1) is 5.92 Å². The molecule has 168 valence electrons. The second-order valence-corrected chi connectivity index (χ2v) is 8.31. The number of benzene rings is 2. The Balaban J connectivity index is 1.43. The molecule has 1 aliphatic carbocycles. The minimum absolute atomic E-state index is 0.0787. The summed E-state index contributed by atoms with van der Waals surface area (Å²) in [6.45, 7) is 0.237. The maximum Gasteiger partial charge on any atom is 0.337 e. The number of ether oxygens (including phenoxy) is 1. The van der Waals surface area contributed by atoms with Gasteiger partial charge in [0.05, 0.1) is 19.1 Å². The van der Waals surface area contributed by atoms with Crippen molar-refractivity contribution < 1.29 is 19.1 Å². The molecule has 4 rings (SSSR count). The van der Waals surface area contributed by atoms with Crippen LogP contribution in [-0.2, 0) is 27.3 Å². The number of hydrogen-bond donors (Lipinski definition) is 4. The van der Waals surface area contributed by atoms with Gasteiger partial charge in [-0.1, -0.05) is 36.8 Å². The van der Waals surface area contributed by atoms with E-state index in [9.17, 15) is 14.4 Å². The van der Waals surface area contributed by atoms with Gasteiger partial charge in [0.1, 0.15) is 6.04 Å². The lowest BCUT2D eigenvalue weighted by molar-refractivity contribution is -0.124. The molecule has 2 aromatic carbocycles. The Morgan fingerprint density at radius 3 is 2.62 bits per heavy atom. The van der Waals surface area contributed by atoms with E-state index in [4.69, 9.17) is 4.74 Å². The van der Waals surface area contributed by atoms with Gasteiger partial charge in [-0.25, -0.2) is 10.2 Å². The van der Waals surface area contributed by atoms with Crippen molar-refractivity contribution in [3.63, 3.8) is 0 Å². The maximum absolute atomic E-state index is 12.7. The zero-order valence-electron chi connectivity index (χ0n) is 18.0. The van der Waals surface area contributed by atoms with Gasteiger partial charge in [0.2, 0.25) is 11.8 Å². The summed E-state index contributed by atoms with van der Waals surface area (Å²) in [7, 11) is 1.31. The van der Waals surface area contributed by atoms with Gasteiger partial charge >= 0.3 is 5.97 Å². The first-order valence-corrected chi connectivity index (χ1v) is 10.9. The van der Waals surface area contributed by atoms with Gasteiger partial charge in [0, 0.05) is 24.2 Å². The van der Waals surface area contributed by atoms with Crippen LogP contribution >= 0.6 is 0 Å². The number of amides is 2. The molecule has 2 aromatic rings. The molecule has 2 fully saturated rings. The van der Waals surface area contributed by atoms with Gasteiger partial charge < -0.3 is 15.4 Å². The molecule has 8 nitrogen and oxygen atoms in total. The molecule has 0 bridgehead atoms. The zero-order chi connectivity index (χ0) is 22.5. The van der Waals surface area contributed by atoms with Crippen LogP contribution in [0.15, 0.2) is 48.5 Å². The topological polar surface area (TPSA) is 109 Å². The van der Waals surface area contributed by atoms with Crippen LogP contribution < -0.4 is 21.5 Å². The predicted molar refractivity (Wildman–Crippen MR) is 120 cm³/mol. The van der Waals surface area contributed by atoms with Crippen LogP contribution in [0.4, 0.5) is 5.69 Å². The van der Waals surface area contributed by atoms with Gasteiger partial charge in [-0.2, -0.15) is 0 Å². The Morgan fingerprint density at radius 2 is 1.84 bits per heavy atom. The molecule has 1 saturated carbocycles. The zero-order valence-corrected chi connectivity index (χ0v) is 18.0. The minimum atomic E-state index is -0.507. The van der Waals surface area contributed by atoms with E-state index in [0.29, 0.717) is 28.8 Å². The third-order valence-electron chi connectivity index (χ3n) is 6.08. The fourth-order valence-electron chi connectivity index (χ4n) is 4.52. The van der Waals surface area contributed by atoms with E-state index in [0.717, 1.165) is 24.8 Å². The summed E-state index contributed by atoms with van der Waals surface area (Å²) in [5.74, 6) is -0.483. The summed E-state index contributed by atoms with van der Waals surface area (Å²) >= 11 is 0. The van der Waals surface area contributed by atoms with Crippen molar-refractivity contribution in [2.45, 2.75) is 44.3 Å². The van der Waals surface area contributed by atoms with Crippen molar-refractivity contribution in [1.82, 2.24) is 16.2 Å². The van der Waals surface area contributed by atoms with Crippen LogP contribution in [0.2, 0.25) is 0 Å². The predicted octanol–water partition coefficient (Wildman–Crippen LogP) is 1.92. The highest BCUT2D eigenvalue weighted by Gasteiger charge is 2.42. The molecule has 3 unspecified atom stereocenters. The average Bonchev–Trinajstić information content (AvgIpc) is 3.41. The number of methoxy groups -OCH3 is 1. The fraction of sp³-hybridized carbons (Fsp3) is 0.375. The van der Waals surface area contributed by atoms with E-state index in [1.54, 1.807) is 18.2 Å². The molecule has 2 amide bonds. The second kappa shape index (κ2) is 9.93. The lowest BCUT2D eigenvalue weighted by Crippen LogP contribution is -2.45. The highest BCUT2D eigenvalue weighted by atomic mass is 16.5. The van der Waals surface area contributed by atoms with Gasteiger partial charge in [0.25, 0.3) is 0 Å².